The predicted molar refractivity (Wildman–Crippen MR) is 78.4 cm³/mol. The molecule has 1 heterocycles. The molecule has 118 valence electrons. The summed E-state index contributed by atoms with van der Waals surface area (Å²) in [6.45, 7) is 3.64. The summed E-state index contributed by atoms with van der Waals surface area (Å²) in [6, 6.07) is 0. The highest BCUT2D eigenvalue weighted by Gasteiger charge is 2.60. The van der Waals surface area contributed by atoms with E-state index < -0.39 is 22.2 Å². The summed E-state index contributed by atoms with van der Waals surface area (Å²) in [5.74, 6) is 0. The van der Waals surface area contributed by atoms with E-state index in [1.807, 2.05) is 0 Å². The Balaban J connectivity index is 2.67. The largest absolute Gasteiger partial charge is 0.381 e. The average Bonchev–Trinajstić information content (AvgIpc) is 2.80. The first-order chi connectivity index (χ1) is 9.79. The van der Waals surface area contributed by atoms with Crippen LogP contribution in [0.15, 0.2) is 35.6 Å². The van der Waals surface area contributed by atoms with Crippen molar-refractivity contribution in [3.63, 3.8) is 0 Å². The Hall–Kier alpha value is -0.920. The number of rotatable bonds is 6. The molecule has 2 aliphatic rings. The van der Waals surface area contributed by atoms with Crippen molar-refractivity contribution in [3.8, 4) is 0 Å². The van der Waals surface area contributed by atoms with Crippen molar-refractivity contribution in [1.82, 2.24) is 5.32 Å². The highest BCUT2D eigenvalue weighted by atomic mass is 32.2. The van der Waals surface area contributed by atoms with Crippen molar-refractivity contribution < 1.29 is 26.6 Å². The SMILES string of the molecule is CCOP(=O)(OCC)C1(S(=O)(=O)O)C=C2C=CCNC2=C1. The smallest absolute Gasteiger partial charge is 0.362 e. The normalized spacial score (nSPS) is 25.1. The zero-order chi connectivity index (χ0) is 15.7. The van der Waals surface area contributed by atoms with Crippen molar-refractivity contribution >= 4 is 17.7 Å². The second-order valence-electron chi connectivity index (χ2n) is 4.50. The summed E-state index contributed by atoms with van der Waals surface area (Å²) in [5, 5.41) is 2.96. The third kappa shape index (κ3) is 2.62. The monoisotopic (exact) mass is 335 g/mol. The maximum absolute atomic E-state index is 13.0. The quantitative estimate of drug-likeness (QED) is 0.564. The topological polar surface area (TPSA) is 102 Å². The lowest BCUT2D eigenvalue weighted by Gasteiger charge is -2.29. The molecule has 9 heteroatoms. The number of fused-ring (bicyclic) bond motifs is 1. The molecule has 1 aliphatic carbocycles. The van der Waals surface area contributed by atoms with Gasteiger partial charge in [-0.05, 0) is 31.6 Å². The fourth-order valence-corrected chi connectivity index (χ4v) is 6.04. The van der Waals surface area contributed by atoms with E-state index in [1.54, 1.807) is 26.0 Å². The third-order valence-corrected chi connectivity index (χ3v) is 7.91. The second-order valence-corrected chi connectivity index (χ2v) is 8.68. The Morgan fingerprint density at radius 3 is 2.43 bits per heavy atom. The van der Waals surface area contributed by atoms with Crippen molar-refractivity contribution in [2.45, 2.75) is 18.3 Å². The van der Waals surface area contributed by atoms with Gasteiger partial charge in [-0.25, -0.2) is 0 Å². The Labute approximate surface area is 124 Å². The molecule has 0 aromatic carbocycles. The molecular weight excluding hydrogens is 317 g/mol. The first-order valence-electron chi connectivity index (χ1n) is 6.52. The predicted octanol–water partition coefficient (Wildman–Crippen LogP) is 1.82. The molecule has 0 aromatic heterocycles. The van der Waals surface area contributed by atoms with Crippen LogP contribution < -0.4 is 5.32 Å². The van der Waals surface area contributed by atoms with Crippen LogP contribution in [0.5, 0.6) is 0 Å². The number of allylic oxidation sites excluding steroid dienone is 1. The molecule has 1 unspecified atom stereocenters. The Bertz CT molecular complexity index is 655. The summed E-state index contributed by atoms with van der Waals surface area (Å²) >= 11 is 0. The van der Waals surface area contributed by atoms with Gasteiger partial charge in [-0.2, -0.15) is 8.42 Å². The molecule has 0 saturated heterocycles. The van der Waals surface area contributed by atoms with Gasteiger partial charge in [0.1, 0.15) is 0 Å². The molecule has 0 amide bonds. The van der Waals surface area contributed by atoms with E-state index in [0.717, 1.165) is 0 Å². The van der Waals surface area contributed by atoms with E-state index in [9.17, 15) is 17.5 Å². The van der Waals surface area contributed by atoms with Gasteiger partial charge >= 0.3 is 7.60 Å². The zero-order valence-corrected chi connectivity index (χ0v) is 13.5. The van der Waals surface area contributed by atoms with E-state index in [0.29, 0.717) is 17.8 Å². The lowest BCUT2D eigenvalue weighted by atomic mass is 10.2. The van der Waals surface area contributed by atoms with Crippen LogP contribution in [0.4, 0.5) is 0 Å². The molecule has 0 radical (unpaired) electrons. The van der Waals surface area contributed by atoms with Crippen LogP contribution in [0.1, 0.15) is 13.8 Å². The minimum atomic E-state index is -4.76. The minimum Gasteiger partial charge on any atom is -0.381 e. The minimum absolute atomic E-state index is 0.00976. The number of hydrogen-bond acceptors (Lipinski definition) is 6. The van der Waals surface area contributed by atoms with Gasteiger partial charge < -0.3 is 14.4 Å². The maximum atomic E-state index is 13.0. The first-order valence-corrected chi connectivity index (χ1v) is 9.50. The molecule has 1 aliphatic heterocycles. The van der Waals surface area contributed by atoms with Crippen LogP contribution in [0.25, 0.3) is 0 Å². The Morgan fingerprint density at radius 2 is 1.95 bits per heavy atom. The molecule has 1 atom stereocenters. The molecular formula is C12H18NO6PS. The Morgan fingerprint density at radius 1 is 1.33 bits per heavy atom. The van der Waals surface area contributed by atoms with Crippen LogP contribution in [0, 0.1) is 0 Å². The number of hydrogen-bond donors (Lipinski definition) is 2. The summed E-state index contributed by atoms with van der Waals surface area (Å²) in [7, 11) is -8.92. The summed E-state index contributed by atoms with van der Waals surface area (Å²) < 4.78 is 54.7. The van der Waals surface area contributed by atoms with Crippen LogP contribution in [0.3, 0.4) is 0 Å². The Kier molecular flexibility index (Phi) is 4.46. The lowest BCUT2D eigenvalue weighted by Crippen LogP contribution is -2.35. The fraction of sp³-hybridized carbons (Fsp3) is 0.500. The van der Waals surface area contributed by atoms with Gasteiger partial charge in [-0.15, -0.1) is 0 Å². The van der Waals surface area contributed by atoms with E-state index >= 15 is 0 Å². The van der Waals surface area contributed by atoms with Crippen molar-refractivity contribution in [1.29, 1.82) is 0 Å². The molecule has 0 fully saturated rings. The highest BCUT2D eigenvalue weighted by Crippen LogP contribution is 2.65. The molecule has 0 aromatic rings. The molecule has 0 bridgehead atoms. The standard InChI is InChI=1S/C12H18NO6PS/c1-3-18-20(14,19-4-2)12(21(15,16)17)8-10-6-5-7-13-11(10)9-12/h5-6,8-9,13H,3-4,7H2,1-2H3,(H,15,16,17). The van der Waals surface area contributed by atoms with Gasteiger partial charge in [-0.1, -0.05) is 12.2 Å². The van der Waals surface area contributed by atoms with Crippen LogP contribution in [0.2, 0.25) is 0 Å². The molecule has 0 saturated carbocycles. The van der Waals surface area contributed by atoms with E-state index in [4.69, 9.17) is 9.05 Å². The molecule has 7 nitrogen and oxygen atoms in total. The maximum Gasteiger partial charge on any atom is 0.362 e. The molecule has 21 heavy (non-hydrogen) atoms. The van der Waals surface area contributed by atoms with Crippen molar-refractivity contribution in [3.05, 3.63) is 35.6 Å². The average molecular weight is 335 g/mol. The van der Waals surface area contributed by atoms with E-state index in [2.05, 4.69) is 5.32 Å². The van der Waals surface area contributed by atoms with Crippen LogP contribution in [-0.2, 0) is 23.7 Å². The van der Waals surface area contributed by atoms with Gasteiger partial charge in [0.25, 0.3) is 10.1 Å². The highest BCUT2D eigenvalue weighted by molar-refractivity contribution is 7.95. The van der Waals surface area contributed by atoms with Crippen LogP contribution >= 0.6 is 7.60 Å². The van der Waals surface area contributed by atoms with Gasteiger partial charge in [0.05, 0.1) is 13.2 Å². The molecule has 0 spiro atoms. The van der Waals surface area contributed by atoms with Crippen molar-refractivity contribution in [2.24, 2.45) is 0 Å². The fourth-order valence-electron chi connectivity index (χ4n) is 2.31. The molecule has 2 N–H and O–H groups in total. The van der Waals surface area contributed by atoms with Crippen LogP contribution in [-0.4, -0.2) is 37.2 Å². The molecule has 2 rings (SSSR count). The summed E-state index contributed by atoms with van der Waals surface area (Å²) in [6.07, 6.45) is 5.90. The first kappa shape index (κ1) is 16.5. The summed E-state index contributed by atoms with van der Waals surface area (Å²) in [4.78, 5) is 0. The lowest BCUT2D eigenvalue weighted by molar-refractivity contribution is 0.214. The van der Waals surface area contributed by atoms with Gasteiger partial charge in [0.15, 0.2) is 0 Å². The van der Waals surface area contributed by atoms with Gasteiger partial charge in [0.2, 0.25) is 4.49 Å². The van der Waals surface area contributed by atoms with Gasteiger partial charge in [0, 0.05) is 12.2 Å². The summed E-state index contributed by atoms with van der Waals surface area (Å²) in [5.41, 5.74) is 1.01. The zero-order valence-electron chi connectivity index (χ0n) is 11.8. The van der Waals surface area contributed by atoms with Gasteiger partial charge in [-0.3, -0.25) is 9.12 Å². The second kappa shape index (κ2) is 5.70. The van der Waals surface area contributed by atoms with E-state index in [1.165, 1.54) is 12.2 Å². The van der Waals surface area contributed by atoms with Crippen molar-refractivity contribution in [2.75, 3.05) is 19.8 Å². The number of nitrogens with one attached hydrogen (secondary N) is 1. The third-order valence-electron chi connectivity index (χ3n) is 3.17. The van der Waals surface area contributed by atoms with E-state index in [-0.39, 0.29) is 13.2 Å².